The lowest BCUT2D eigenvalue weighted by Crippen LogP contribution is -2.12. The second-order valence-corrected chi connectivity index (χ2v) is 5.38. The third-order valence-corrected chi connectivity index (χ3v) is 3.39. The zero-order valence-electron chi connectivity index (χ0n) is 9.31. The fourth-order valence-corrected chi connectivity index (χ4v) is 2.30. The van der Waals surface area contributed by atoms with Gasteiger partial charge in [-0.2, -0.15) is 0 Å². The summed E-state index contributed by atoms with van der Waals surface area (Å²) in [4.78, 5) is 24.8. The molecule has 2 aromatic rings. The molecule has 0 aliphatic rings. The Morgan fingerprint density at radius 3 is 2.58 bits per heavy atom. The molecule has 2 N–H and O–H groups in total. The number of benzene rings is 1. The van der Waals surface area contributed by atoms with Crippen molar-refractivity contribution in [3.05, 3.63) is 55.2 Å². The van der Waals surface area contributed by atoms with E-state index in [1.165, 1.54) is 18.2 Å². The fourth-order valence-electron chi connectivity index (χ4n) is 1.43. The first-order valence-corrected chi connectivity index (χ1v) is 6.65. The summed E-state index contributed by atoms with van der Waals surface area (Å²) in [5, 5.41) is 13.3. The summed E-state index contributed by atoms with van der Waals surface area (Å²) >= 11 is 6.32. The van der Waals surface area contributed by atoms with Gasteiger partial charge in [0, 0.05) is 22.4 Å². The van der Waals surface area contributed by atoms with Crippen LogP contribution in [0, 0.1) is 10.1 Å². The first-order chi connectivity index (χ1) is 8.97. The van der Waals surface area contributed by atoms with Gasteiger partial charge in [0.05, 0.1) is 9.40 Å². The largest absolute Gasteiger partial charge is 0.356 e. The Labute approximate surface area is 124 Å². The van der Waals surface area contributed by atoms with Crippen LogP contribution < -0.4 is 5.32 Å². The van der Waals surface area contributed by atoms with E-state index in [4.69, 9.17) is 0 Å². The van der Waals surface area contributed by atoms with Crippen LogP contribution in [-0.2, 0) is 0 Å². The van der Waals surface area contributed by atoms with Gasteiger partial charge in [0.25, 0.3) is 11.6 Å². The number of rotatable bonds is 3. The van der Waals surface area contributed by atoms with Crippen molar-refractivity contribution in [2.45, 2.75) is 0 Å². The van der Waals surface area contributed by atoms with E-state index in [0.717, 1.165) is 4.47 Å². The van der Waals surface area contributed by atoms with Gasteiger partial charge in [0.15, 0.2) is 0 Å². The van der Waals surface area contributed by atoms with Crippen molar-refractivity contribution in [2.75, 3.05) is 5.32 Å². The maximum absolute atomic E-state index is 11.8. The van der Waals surface area contributed by atoms with E-state index >= 15 is 0 Å². The molecule has 0 saturated heterocycles. The average Bonchev–Trinajstić information content (AvgIpc) is 2.75. The first-order valence-electron chi connectivity index (χ1n) is 5.06. The highest BCUT2D eigenvalue weighted by molar-refractivity contribution is 9.10. The molecular formula is C11H7Br2N3O3. The number of nitrogens with one attached hydrogen (secondary N) is 2. The predicted octanol–water partition coefficient (Wildman–Crippen LogP) is 3.70. The zero-order valence-corrected chi connectivity index (χ0v) is 12.5. The van der Waals surface area contributed by atoms with E-state index in [-0.39, 0.29) is 11.6 Å². The van der Waals surface area contributed by atoms with Crippen molar-refractivity contribution in [3.8, 4) is 0 Å². The number of hydrogen-bond acceptors (Lipinski definition) is 3. The number of nitrogens with zero attached hydrogens (tertiary/aromatic N) is 1. The number of halogens is 2. The second kappa shape index (κ2) is 5.54. The van der Waals surface area contributed by atoms with Gasteiger partial charge in [-0.3, -0.25) is 14.9 Å². The number of aromatic amines is 1. The van der Waals surface area contributed by atoms with Crippen LogP contribution >= 0.6 is 31.9 Å². The summed E-state index contributed by atoms with van der Waals surface area (Å²) < 4.78 is 1.07. The molecule has 8 heteroatoms. The quantitative estimate of drug-likeness (QED) is 0.620. The molecule has 0 spiro atoms. The molecule has 0 aliphatic heterocycles. The van der Waals surface area contributed by atoms with Crippen molar-refractivity contribution in [2.24, 2.45) is 0 Å². The number of hydrogen-bond donors (Lipinski definition) is 2. The molecule has 1 amide bonds. The highest BCUT2D eigenvalue weighted by Crippen LogP contribution is 2.27. The molecule has 19 heavy (non-hydrogen) atoms. The van der Waals surface area contributed by atoms with Crippen LogP contribution in [0.4, 0.5) is 11.4 Å². The van der Waals surface area contributed by atoms with Crippen molar-refractivity contribution >= 4 is 49.1 Å². The Balaban J connectivity index is 2.18. The monoisotopic (exact) mass is 387 g/mol. The summed E-state index contributed by atoms with van der Waals surface area (Å²) in [7, 11) is 0. The molecule has 1 aromatic heterocycles. The van der Waals surface area contributed by atoms with Gasteiger partial charge >= 0.3 is 0 Å². The molecule has 0 saturated carbocycles. The standard InChI is InChI=1S/C11H7Br2N3O3/c12-6-3-9(14-5-6)11(17)15-7-1-2-10(16(18)19)8(13)4-7/h1-5,14H,(H,15,17). The van der Waals surface area contributed by atoms with Crippen LogP contribution in [0.15, 0.2) is 39.4 Å². The Morgan fingerprint density at radius 1 is 1.32 bits per heavy atom. The van der Waals surface area contributed by atoms with Crippen LogP contribution in [0.5, 0.6) is 0 Å². The molecule has 6 nitrogen and oxygen atoms in total. The normalized spacial score (nSPS) is 10.2. The Kier molecular flexibility index (Phi) is 4.01. The first kappa shape index (κ1) is 13.8. The van der Waals surface area contributed by atoms with Gasteiger partial charge in [0.1, 0.15) is 5.69 Å². The predicted molar refractivity (Wildman–Crippen MR) is 77.2 cm³/mol. The van der Waals surface area contributed by atoms with Gasteiger partial charge in [-0.25, -0.2) is 0 Å². The van der Waals surface area contributed by atoms with Crippen molar-refractivity contribution in [3.63, 3.8) is 0 Å². The lowest BCUT2D eigenvalue weighted by Gasteiger charge is -2.04. The van der Waals surface area contributed by atoms with E-state index in [2.05, 4.69) is 42.2 Å². The Morgan fingerprint density at radius 2 is 2.05 bits per heavy atom. The maximum atomic E-state index is 11.8. The molecule has 0 unspecified atom stereocenters. The third kappa shape index (κ3) is 3.21. The molecule has 1 aromatic carbocycles. The minimum Gasteiger partial charge on any atom is -0.356 e. The highest BCUT2D eigenvalue weighted by Gasteiger charge is 2.13. The Bertz CT molecular complexity index is 654. The summed E-state index contributed by atoms with van der Waals surface area (Å²) in [6, 6.07) is 5.91. The molecular weight excluding hydrogens is 382 g/mol. The molecule has 2 rings (SSSR count). The van der Waals surface area contributed by atoms with Gasteiger partial charge < -0.3 is 10.3 Å². The van der Waals surface area contributed by atoms with Crippen LogP contribution in [0.3, 0.4) is 0 Å². The molecule has 0 atom stereocenters. The van der Waals surface area contributed by atoms with E-state index in [0.29, 0.717) is 15.9 Å². The summed E-state index contributed by atoms with van der Waals surface area (Å²) in [6.45, 7) is 0. The Hall–Kier alpha value is -1.67. The molecule has 98 valence electrons. The van der Waals surface area contributed by atoms with E-state index in [9.17, 15) is 14.9 Å². The number of anilines is 1. The number of carbonyl (C=O) groups excluding carboxylic acids is 1. The minimum absolute atomic E-state index is 0.0550. The van der Waals surface area contributed by atoms with Crippen LogP contribution in [0.2, 0.25) is 0 Å². The van der Waals surface area contributed by atoms with E-state index < -0.39 is 4.92 Å². The second-order valence-electron chi connectivity index (χ2n) is 3.61. The topological polar surface area (TPSA) is 88.0 Å². The fraction of sp³-hybridized carbons (Fsp3) is 0. The third-order valence-electron chi connectivity index (χ3n) is 2.29. The summed E-state index contributed by atoms with van der Waals surface area (Å²) in [6.07, 6.45) is 1.64. The highest BCUT2D eigenvalue weighted by atomic mass is 79.9. The lowest BCUT2D eigenvalue weighted by atomic mass is 10.2. The van der Waals surface area contributed by atoms with E-state index in [1.807, 2.05) is 0 Å². The lowest BCUT2D eigenvalue weighted by molar-refractivity contribution is -0.385. The number of nitro benzene ring substituents is 1. The molecule has 0 bridgehead atoms. The van der Waals surface area contributed by atoms with Gasteiger partial charge in [-0.15, -0.1) is 0 Å². The van der Waals surface area contributed by atoms with E-state index in [1.54, 1.807) is 12.3 Å². The number of carbonyl (C=O) groups is 1. The van der Waals surface area contributed by atoms with Crippen molar-refractivity contribution in [1.29, 1.82) is 0 Å². The SMILES string of the molecule is O=C(Nc1ccc([N+](=O)[O-])c(Br)c1)c1cc(Br)c[nH]1. The molecule has 0 radical (unpaired) electrons. The van der Waals surface area contributed by atoms with Gasteiger partial charge in [0.2, 0.25) is 0 Å². The number of nitro groups is 1. The minimum atomic E-state index is -0.502. The number of aromatic nitrogens is 1. The van der Waals surface area contributed by atoms with Crippen LogP contribution in [0.1, 0.15) is 10.5 Å². The summed E-state index contributed by atoms with van der Waals surface area (Å²) in [5.74, 6) is -0.327. The summed E-state index contributed by atoms with van der Waals surface area (Å²) in [5.41, 5.74) is 0.801. The number of amides is 1. The smallest absolute Gasteiger partial charge is 0.283 e. The average molecular weight is 389 g/mol. The number of H-pyrrole nitrogens is 1. The maximum Gasteiger partial charge on any atom is 0.283 e. The van der Waals surface area contributed by atoms with Crippen LogP contribution in [0.25, 0.3) is 0 Å². The van der Waals surface area contributed by atoms with Gasteiger partial charge in [-0.1, -0.05) is 0 Å². The van der Waals surface area contributed by atoms with Crippen molar-refractivity contribution in [1.82, 2.24) is 4.98 Å². The molecule has 1 heterocycles. The van der Waals surface area contributed by atoms with Crippen molar-refractivity contribution < 1.29 is 9.72 Å². The molecule has 0 fully saturated rings. The van der Waals surface area contributed by atoms with Gasteiger partial charge in [-0.05, 0) is 50.1 Å². The molecule has 0 aliphatic carbocycles. The van der Waals surface area contributed by atoms with Crippen LogP contribution in [-0.4, -0.2) is 15.8 Å². The zero-order chi connectivity index (χ0) is 14.0.